The number of halogens is 1. The zero-order chi connectivity index (χ0) is 16.9. The van der Waals surface area contributed by atoms with Gasteiger partial charge in [-0.3, -0.25) is 0 Å². The molecule has 2 rings (SSSR count). The summed E-state index contributed by atoms with van der Waals surface area (Å²) in [5.41, 5.74) is 1.07. The number of carbonyl (C=O) groups excluding carboxylic acids is 1. The molecule has 0 aliphatic carbocycles. The average Bonchev–Trinajstić information content (AvgIpc) is 3.01. The minimum atomic E-state index is -0.360. The van der Waals surface area contributed by atoms with E-state index < -0.39 is 0 Å². The molecule has 1 heterocycles. The molecule has 0 spiro atoms. The van der Waals surface area contributed by atoms with Gasteiger partial charge in [0.15, 0.2) is 0 Å². The van der Waals surface area contributed by atoms with Crippen molar-refractivity contribution in [2.75, 3.05) is 13.2 Å². The van der Waals surface area contributed by atoms with E-state index >= 15 is 0 Å². The van der Waals surface area contributed by atoms with Gasteiger partial charge in [-0.05, 0) is 30.3 Å². The summed E-state index contributed by atoms with van der Waals surface area (Å²) >= 11 is 0. The monoisotopic (exact) mass is 320 g/mol. The lowest BCUT2D eigenvalue weighted by Gasteiger charge is -2.21. The van der Waals surface area contributed by atoms with Crippen molar-refractivity contribution in [3.63, 3.8) is 0 Å². The zero-order valence-corrected chi connectivity index (χ0v) is 13.2. The number of aliphatic hydroxyl groups is 1. The molecule has 0 aliphatic rings. The van der Waals surface area contributed by atoms with Crippen molar-refractivity contribution in [1.29, 1.82) is 0 Å². The number of aliphatic hydroxyl groups excluding tert-OH is 1. The van der Waals surface area contributed by atoms with Gasteiger partial charge in [-0.2, -0.15) is 5.10 Å². The molecular formula is C16H21FN4O2. The van der Waals surface area contributed by atoms with E-state index in [2.05, 4.69) is 15.7 Å². The van der Waals surface area contributed by atoms with Crippen molar-refractivity contribution in [3.05, 3.63) is 48.0 Å². The van der Waals surface area contributed by atoms with Crippen LogP contribution in [0.5, 0.6) is 0 Å². The maximum Gasteiger partial charge on any atom is 0.315 e. The highest BCUT2D eigenvalue weighted by molar-refractivity contribution is 5.73. The second-order valence-electron chi connectivity index (χ2n) is 6.09. The summed E-state index contributed by atoms with van der Waals surface area (Å²) in [6.45, 7) is 4.36. The van der Waals surface area contributed by atoms with Crippen LogP contribution in [-0.2, 0) is 6.54 Å². The fourth-order valence-corrected chi connectivity index (χ4v) is 1.80. The lowest BCUT2D eigenvalue weighted by atomic mass is 9.95. The molecule has 0 bridgehead atoms. The molecule has 3 N–H and O–H groups in total. The Bertz CT molecular complexity index is 652. The fourth-order valence-electron chi connectivity index (χ4n) is 1.80. The molecule has 124 valence electrons. The average molecular weight is 320 g/mol. The van der Waals surface area contributed by atoms with Gasteiger partial charge in [0.2, 0.25) is 0 Å². The quantitative estimate of drug-likeness (QED) is 0.760. The first-order chi connectivity index (χ1) is 10.9. The molecule has 2 aromatic rings. The summed E-state index contributed by atoms with van der Waals surface area (Å²) in [5.74, 6) is -0.301. The number of carbonyl (C=O) groups is 1. The van der Waals surface area contributed by atoms with Gasteiger partial charge in [0.05, 0.1) is 17.9 Å². The van der Waals surface area contributed by atoms with Gasteiger partial charge in [0.25, 0.3) is 0 Å². The number of benzene rings is 1. The van der Waals surface area contributed by atoms with Crippen LogP contribution in [0, 0.1) is 11.2 Å². The van der Waals surface area contributed by atoms with E-state index in [4.69, 9.17) is 5.11 Å². The van der Waals surface area contributed by atoms with Gasteiger partial charge in [-0.25, -0.2) is 13.9 Å². The molecule has 0 saturated carbocycles. The maximum absolute atomic E-state index is 12.9. The highest BCUT2D eigenvalue weighted by atomic mass is 19.1. The third-order valence-corrected chi connectivity index (χ3v) is 3.32. The molecule has 7 heteroatoms. The first-order valence-electron chi connectivity index (χ1n) is 7.33. The van der Waals surface area contributed by atoms with E-state index in [0.717, 1.165) is 5.69 Å². The molecule has 1 aromatic heterocycles. The van der Waals surface area contributed by atoms with Crippen molar-refractivity contribution in [1.82, 2.24) is 20.4 Å². The van der Waals surface area contributed by atoms with E-state index in [0.29, 0.717) is 12.2 Å². The minimum absolute atomic E-state index is 0.00461. The topological polar surface area (TPSA) is 79.2 Å². The highest BCUT2D eigenvalue weighted by Crippen LogP contribution is 2.11. The summed E-state index contributed by atoms with van der Waals surface area (Å²) in [4.78, 5) is 11.7. The van der Waals surface area contributed by atoms with E-state index in [-0.39, 0.29) is 30.4 Å². The standard InChI is InChI=1S/C16H21FN4O2/c1-16(2,11-22)10-19-15(23)18-9-13-7-8-21(20-13)14-5-3-12(17)4-6-14/h3-8,22H,9-11H2,1-2H3,(H2,18,19,23). The molecule has 0 fully saturated rings. The van der Waals surface area contributed by atoms with Crippen molar-refractivity contribution in [3.8, 4) is 5.69 Å². The normalized spacial score (nSPS) is 11.3. The molecule has 0 saturated heterocycles. The number of nitrogens with one attached hydrogen (secondary N) is 2. The van der Waals surface area contributed by atoms with Gasteiger partial charge in [-0.1, -0.05) is 13.8 Å². The lowest BCUT2D eigenvalue weighted by molar-refractivity contribution is 0.157. The molecule has 0 aliphatic heterocycles. The van der Waals surface area contributed by atoms with E-state index in [1.807, 2.05) is 13.8 Å². The molecule has 0 radical (unpaired) electrons. The third kappa shape index (κ3) is 5.07. The lowest BCUT2D eigenvalue weighted by Crippen LogP contribution is -2.41. The van der Waals surface area contributed by atoms with Crippen molar-refractivity contribution >= 4 is 6.03 Å². The smallest absolute Gasteiger partial charge is 0.315 e. The number of hydrogen-bond donors (Lipinski definition) is 3. The molecule has 23 heavy (non-hydrogen) atoms. The second kappa shape index (κ2) is 7.23. The summed E-state index contributed by atoms with van der Waals surface area (Å²) < 4.78 is 14.5. The Labute approximate surface area is 134 Å². The summed E-state index contributed by atoms with van der Waals surface area (Å²) in [6, 6.07) is 7.45. The fraction of sp³-hybridized carbons (Fsp3) is 0.375. The largest absolute Gasteiger partial charge is 0.396 e. The summed E-state index contributed by atoms with van der Waals surface area (Å²) in [5, 5.41) is 18.9. The first kappa shape index (κ1) is 17.0. The summed E-state index contributed by atoms with van der Waals surface area (Å²) in [6.07, 6.45) is 1.75. The predicted molar refractivity (Wildman–Crippen MR) is 84.6 cm³/mol. The first-order valence-corrected chi connectivity index (χ1v) is 7.33. The van der Waals surface area contributed by atoms with Crippen molar-refractivity contribution < 1.29 is 14.3 Å². The Hall–Kier alpha value is -2.41. The van der Waals surface area contributed by atoms with Gasteiger partial charge >= 0.3 is 6.03 Å². The van der Waals surface area contributed by atoms with Crippen molar-refractivity contribution in [2.45, 2.75) is 20.4 Å². The SMILES string of the molecule is CC(C)(CO)CNC(=O)NCc1ccn(-c2ccc(F)cc2)n1. The molecule has 6 nitrogen and oxygen atoms in total. The van der Waals surface area contributed by atoms with Crippen LogP contribution in [0.2, 0.25) is 0 Å². The van der Waals surface area contributed by atoms with Gasteiger partial charge in [-0.15, -0.1) is 0 Å². The van der Waals surface area contributed by atoms with Crippen molar-refractivity contribution in [2.24, 2.45) is 5.41 Å². The molecule has 2 amide bonds. The summed E-state index contributed by atoms with van der Waals surface area (Å²) in [7, 11) is 0. The third-order valence-electron chi connectivity index (χ3n) is 3.32. The predicted octanol–water partition coefficient (Wildman–Crippen LogP) is 1.83. The van der Waals surface area contributed by atoms with Crippen LogP contribution < -0.4 is 10.6 Å². The molecule has 1 aromatic carbocycles. The highest BCUT2D eigenvalue weighted by Gasteiger charge is 2.17. The molecule has 0 unspecified atom stereocenters. The number of amides is 2. The number of aromatic nitrogens is 2. The number of hydrogen-bond acceptors (Lipinski definition) is 3. The Morgan fingerprint density at radius 2 is 1.96 bits per heavy atom. The number of nitrogens with zero attached hydrogens (tertiary/aromatic N) is 2. The van der Waals surface area contributed by atoms with Gasteiger partial charge in [0, 0.05) is 24.8 Å². The molecule has 0 atom stereocenters. The van der Waals surface area contributed by atoms with Crippen LogP contribution in [0.4, 0.5) is 9.18 Å². The Kier molecular flexibility index (Phi) is 5.33. The maximum atomic E-state index is 12.9. The van der Waals surface area contributed by atoms with Crippen LogP contribution in [-0.4, -0.2) is 34.1 Å². The zero-order valence-electron chi connectivity index (χ0n) is 13.2. The second-order valence-corrected chi connectivity index (χ2v) is 6.09. The van der Waals surface area contributed by atoms with Crippen LogP contribution in [0.3, 0.4) is 0 Å². The van der Waals surface area contributed by atoms with E-state index in [1.165, 1.54) is 12.1 Å². The van der Waals surface area contributed by atoms with Gasteiger partial charge in [0.1, 0.15) is 5.82 Å². The van der Waals surface area contributed by atoms with Crippen LogP contribution >= 0.6 is 0 Å². The minimum Gasteiger partial charge on any atom is -0.396 e. The number of rotatable bonds is 6. The Morgan fingerprint density at radius 1 is 1.26 bits per heavy atom. The van der Waals surface area contributed by atoms with Gasteiger partial charge < -0.3 is 15.7 Å². The number of urea groups is 1. The Balaban J connectivity index is 1.85. The van der Waals surface area contributed by atoms with Crippen LogP contribution in [0.15, 0.2) is 36.5 Å². The van der Waals surface area contributed by atoms with Crippen LogP contribution in [0.1, 0.15) is 19.5 Å². The van der Waals surface area contributed by atoms with Crippen LogP contribution in [0.25, 0.3) is 5.69 Å². The van der Waals surface area contributed by atoms with E-state index in [9.17, 15) is 9.18 Å². The molecular weight excluding hydrogens is 299 g/mol. The Morgan fingerprint density at radius 3 is 2.61 bits per heavy atom. The van der Waals surface area contributed by atoms with E-state index in [1.54, 1.807) is 29.1 Å².